The topological polar surface area (TPSA) is 69.0 Å². The number of nitriles is 1. The van der Waals surface area contributed by atoms with Crippen molar-refractivity contribution in [3.63, 3.8) is 0 Å². The fourth-order valence-electron chi connectivity index (χ4n) is 2.62. The van der Waals surface area contributed by atoms with Gasteiger partial charge in [0.05, 0.1) is 11.8 Å². The molecule has 2 aromatic heterocycles. The zero-order valence-electron chi connectivity index (χ0n) is 12.9. The first-order chi connectivity index (χ1) is 11.2. The van der Waals surface area contributed by atoms with Crippen molar-refractivity contribution in [2.45, 2.75) is 32.2 Å². The number of hydrogen-bond acceptors (Lipinski definition) is 6. The van der Waals surface area contributed by atoms with Gasteiger partial charge < -0.3 is 10.2 Å². The second-order valence-electron chi connectivity index (χ2n) is 5.37. The molecule has 0 radical (unpaired) electrons. The van der Waals surface area contributed by atoms with E-state index < -0.39 is 6.04 Å². The normalized spacial score (nSPS) is 15.4. The summed E-state index contributed by atoms with van der Waals surface area (Å²) in [4.78, 5) is 21.0. The van der Waals surface area contributed by atoms with E-state index in [2.05, 4.69) is 21.3 Å². The van der Waals surface area contributed by atoms with Crippen LogP contribution in [0.4, 0.5) is 5.13 Å². The van der Waals surface area contributed by atoms with E-state index in [1.807, 2.05) is 24.4 Å². The minimum Gasteiger partial charge on any atom is -0.348 e. The summed E-state index contributed by atoms with van der Waals surface area (Å²) in [5.41, 5.74) is 0.817. The summed E-state index contributed by atoms with van der Waals surface area (Å²) in [6, 6.07) is 5.29. The van der Waals surface area contributed by atoms with Gasteiger partial charge in [-0.25, -0.2) is 4.98 Å². The minimum atomic E-state index is -0.607. The van der Waals surface area contributed by atoms with Gasteiger partial charge in [0.2, 0.25) is 0 Å². The molecule has 1 N–H and O–H groups in total. The van der Waals surface area contributed by atoms with Crippen LogP contribution in [-0.2, 0) is 6.42 Å². The lowest BCUT2D eigenvalue weighted by Gasteiger charge is -2.12. The first-order valence-corrected chi connectivity index (χ1v) is 9.41. The maximum atomic E-state index is 12.6. The van der Waals surface area contributed by atoms with Crippen LogP contribution in [0.5, 0.6) is 0 Å². The highest BCUT2D eigenvalue weighted by Gasteiger charge is 2.24. The lowest BCUT2D eigenvalue weighted by Crippen LogP contribution is -2.27. The van der Waals surface area contributed by atoms with Gasteiger partial charge in [-0.15, -0.1) is 11.3 Å². The van der Waals surface area contributed by atoms with Crippen molar-refractivity contribution in [1.82, 2.24) is 10.3 Å². The van der Waals surface area contributed by atoms with Crippen molar-refractivity contribution in [2.24, 2.45) is 0 Å². The van der Waals surface area contributed by atoms with E-state index in [0.29, 0.717) is 11.3 Å². The van der Waals surface area contributed by atoms with Gasteiger partial charge in [0.25, 0.3) is 5.91 Å². The Morgan fingerprint density at radius 1 is 1.52 bits per heavy atom. The average Bonchev–Trinajstić information content (AvgIpc) is 3.32. The van der Waals surface area contributed by atoms with Crippen molar-refractivity contribution >= 4 is 33.7 Å². The molecule has 0 bridgehead atoms. The summed E-state index contributed by atoms with van der Waals surface area (Å²) in [6.07, 6.45) is 3.07. The molecule has 1 fully saturated rings. The molecule has 1 aliphatic heterocycles. The number of anilines is 1. The second kappa shape index (κ2) is 7.11. The van der Waals surface area contributed by atoms with Gasteiger partial charge in [0, 0.05) is 18.0 Å². The molecule has 23 heavy (non-hydrogen) atoms. The number of nitrogens with one attached hydrogen (secondary N) is 1. The van der Waals surface area contributed by atoms with Gasteiger partial charge in [0.1, 0.15) is 4.88 Å². The minimum absolute atomic E-state index is 0.204. The smallest absolute Gasteiger partial charge is 0.264 e. The predicted octanol–water partition coefficient (Wildman–Crippen LogP) is 3.36. The van der Waals surface area contributed by atoms with Crippen molar-refractivity contribution in [1.29, 1.82) is 5.26 Å². The second-order valence-corrected chi connectivity index (χ2v) is 7.33. The van der Waals surface area contributed by atoms with Crippen LogP contribution in [0.3, 0.4) is 0 Å². The number of thiazole rings is 1. The van der Waals surface area contributed by atoms with E-state index in [1.54, 1.807) is 0 Å². The molecule has 0 aliphatic carbocycles. The van der Waals surface area contributed by atoms with Gasteiger partial charge in [-0.05, 0) is 30.7 Å². The van der Waals surface area contributed by atoms with E-state index in [9.17, 15) is 10.1 Å². The third-order valence-corrected chi connectivity index (χ3v) is 5.93. The van der Waals surface area contributed by atoms with E-state index in [4.69, 9.17) is 0 Å². The zero-order chi connectivity index (χ0) is 16.2. The Labute approximate surface area is 143 Å². The Hall–Kier alpha value is -1.91. The molecule has 0 spiro atoms. The Morgan fingerprint density at radius 3 is 2.91 bits per heavy atom. The van der Waals surface area contributed by atoms with Crippen LogP contribution < -0.4 is 10.2 Å². The third-order valence-electron chi connectivity index (χ3n) is 3.84. The maximum absolute atomic E-state index is 12.6. The number of carbonyl (C=O) groups is 1. The summed E-state index contributed by atoms with van der Waals surface area (Å²) in [5, 5.41) is 15.0. The highest BCUT2D eigenvalue weighted by atomic mass is 32.1. The van der Waals surface area contributed by atoms with E-state index in [-0.39, 0.29) is 5.91 Å². The van der Waals surface area contributed by atoms with Gasteiger partial charge in [0.15, 0.2) is 11.2 Å². The van der Waals surface area contributed by atoms with Crippen molar-refractivity contribution in [3.8, 4) is 6.07 Å². The average molecular weight is 346 g/mol. The van der Waals surface area contributed by atoms with E-state index in [1.165, 1.54) is 35.5 Å². The molecule has 120 valence electrons. The van der Waals surface area contributed by atoms with Crippen LogP contribution in [-0.4, -0.2) is 24.0 Å². The molecule has 1 unspecified atom stereocenters. The standard InChI is InChI=1S/C16H18N4OS2/c1-2-11-14(23-16(19-11)20-7-3-4-8-20)15(21)18-12(10-17)13-6-5-9-22-13/h5-6,9,12H,2-4,7-8H2,1H3,(H,18,21). The molecule has 1 saturated heterocycles. The molecule has 5 nitrogen and oxygen atoms in total. The molecular formula is C16H18N4OS2. The fraction of sp³-hybridized carbons (Fsp3) is 0.438. The molecule has 3 rings (SSSR count). The van der Waals surface area contributed by atoms with E-state index >= 15 is 0 Å². The summed E-state index contributed by atoms with van der Waals surface area (Å²) in [7, 11) is 0. The molecule has 1 aliphatic rings. The number of amides is 1. The molecule has 1 amide bonds. The summed E-state index contributed by atoms with van der Waals surface area (Å²) in [5.74, 6) is -0.204. The van der Waals surface area contributed by atoms with Crippen LogP contribution in [0.15, 0.2) is 17.5 Å². The maximum Gasteiger partial charge on any atom is 0.264 e. The molecular weight excluding hydrogens is 328 g/mol. The monoisotopic (exact) mass is 346 g/mol. The quantitative estimate of drug-likeness (QED) is 0.901. The van der Waals surface area contributed by atoms with Crippen LogP contribution in [0.25, 0.3) is 0 Å². The van der Waals surface area contributed by atoms with Gasteiger partial charge in [-0.2, -0.15) is 5.26 Å². The van der Waals surface area contributed by atoms with Crippen molar-refractivity contribution in [3.05, 3.63) is 33.0 Å². The fourth-order valence-corrected chi connectivity index (χ4v) is 4.45. The third kappa shape index (κ3) is 3.38. The summed E-state index contributed by atoms with van der Waals surface area (Å²) in [6.45, 7) is 4.02. The Morgan fingerprint density at radius 2 is 2.30 bits per heavy atom. The number of aryl methyl sites for hydroxylation is 1. The van der Waals surface area contributed by atoms with Crippen LogP contribution in [0, 0.1) is 11.3 Å². The van der Waals surface area contributed by atoms with Crippen molar-refractivity contribution in [2.75, 3.05) is 18.0 Å². The number of carbonyl (C=O) groups excluding carboxylic acids is 1. The molecule has 7 heteroatoms. The largest absolute Gasteiger partial charge is 0.348 e. The lowest BCUT2D eigenvalue weighted by atomic mass is 10.2. The van der Waals surface area contributed by atoms with Gasteiger partial charge in [-0.1, -0.05) is 24.3 Å². The van der Waals surface area contributed by atoms with E-state index in [0.717, 1.165) is 28.8 Å². The van der Waals surface area contributed by atoms with Crippen LogP contribution >= 0.6 is 22.7 Å². The number of rotatable bonds is 5. The summed E-state index contributed by atoms with van der Waals surface area (Å²) < 4.78 is 0. The van der Waals surface area contributed by atoms with Crippen molar-refractivity contribution < 1.29 is 4.79 Å². The SMILES string of the molecule is CCc1nc(N2CCCC2)sc1C(=O)NC(C#N)c1cccs1. The molecule has 3 heterocycles. The number of aromatic nitrogens is 1. The summed E-state index contributed by atoms with van der Waals surface area (Å²) >= 11 is 2.91. The predicted molar refractivity (Wildman–Crippen MR) is 93.1 cm³/mol. The molecule has 1 atom stereocenters. The van der Waals surface area contributed by atoms with Crippen LogP contribution in [0.2, 0.25) is 0 Å². The first-order valence-electron chi connectivity index (χ1n) is 7.71. The number of nitrogens with zero attached hydrogens (tertiary/aromatic N) is 3. The zero-order valence-corrected chi connectivity index (χ0v) is 14.5. The molecule has 0 aromatic carbocycles. The Kier molecular flexibility index (Phi) is 4.94. The Bertz CT molecular complexity index is 711. The van der Waals surface area contributed by atoms with Crippen LogP contribution in [0.1, 0.15) is 46.0 Å². The number of hydrogen-bond donors (Lipinski definition) is 1. The molecule has 0 saturated carbocycles. The first kappa shape index (κ1) is 16.0. The molecule has 2 aromatic rings. The number of thiophene rings is 1. The highest BCUT2D eigenvalue weighted by molar-refractivity contribution is 7.17. The van der Waals surface area contributed by atoms with Gasteiger partial charge in [-0.3, -0.25) is 4.79 Å². The van der Waals surface area contributed by atoms with Gasteiger partial charge >= 0.3 is 0 Å². The highest BCUT2D eigenvalue weighted by Crippen LogP contribution is 2.30. The lowest BCUT2D eigenvalue weighted by molar-refractivity contribution is 0.0948. The Balaban J connectivity index is 1.79.